The predicted molar refractivity (Wildman–Crippen MR) is 88.5 cm³/mol. The highest BCUT2D eigenvalue weighted by Crippen LogP contribution is 2.16. The van der Waals surface area contributed by atoms with E-state index < -0.39 is 0 Å². The first-order valence-corrected chi connectivity index (χ1v) is 7.82. The first-order chi connectivity index (χ1) is 11.6. The Morgan fingerprint density at radius 3 is 2.79 bits per heavy atom. The van der Waals surface area contributed by atoms with Gasteiger partial charge >= 0.3 is 0 Å². The molecule has 24 heavy (non-hydrogen) atoms. The van der Waals surface area contributed by atoms with Gasteiger partial charge in [-0.2, -0.15) is 0 Å². The van der Waals surface area contributed by atoms with Crippen molar-refractivity contribution in [1.29, 1.82) is 0 Å². The first-order valence-electron chi connectivity index (χ1n) is 7.82. The van der Waals surface area contributed by atoms with Gasteiger partial charge in [-0.15, -0.1) is 5.10 Å². The quantitative estimate of drug-likeness (QED) is 0.818. The zero-order valence-electron chi connectivity index (χ0n) is 13.2. The van der Waals surface area contributed by atoms with Crippen LogP contribution in [0.15, 0.2) is 42.6 Å². The van der Waals surface area contributed by atoms with Gasteiger partial charge in [-0.3, -0.25) is 9.59 Å². The van der Waals surface area contributed by atoms with E-state index in [1.165, 1.54) is 6.08 Å². The van der Waals surface area contributed by atoms with Crippen molar-refractivity contribution in [1.82, 2.24) is 19.9 Å². The van der Waals surface area contributed by atoms with E-state index in [1.807, 2.05) is 30.3 Å². The van der Waals surface area contributed by atoms with Crippen LogP contribution < -0.4 is 5.73 Å². The number of carbonyl (C=O) groups excluding carboxylic acids is 2. The van der Waals surface area contributed by atoms with Crippen molar-refractivity contribution in [2.75, 3.05) is 13.1 Å². The fourth-order valence-corrected chi connectivity index (χ4v) is 2.69. The molecule has 1 atom stereocenters. The number of nitrogens with two attached hydrogens (primary N) is 1. The monoisotopic (exact) mass is 325 g/mol. The van der Waals surface area contributed by atoms with Crippen LogP contribution >= 0.6 is 0 Å². The van der Waals surface area contributed by atoms with Crippen molar-refractivity contribution in [2.45, 2.75) is 13.0 Å². The van der Waals surface area contributed by atoms with Gasteiger partial charge in [0.25, 0.3) is 0 Å². The fourth-order valence-electron chi connectivity index (χ4n) is 2.69. The Balaban J connectivity index is 1.57. The lowest BCUT2D eigenvalue weighted by molar-refractivity contribution is -0.125. The molecule has 3 rings (SSSR count). The van der Waals surface area contributed by atoms with Crippen LogP contribution in [0.5, 0.6) is 0 Å². The van der Waals surface area contributed by atoms with E-state index in [2.05, 4.69) is 10.3 Å². The molecule has 2 N–H and O–H groups in total. The molecule has 1 aliphatic heterocycles. The molecule has 2 heterocycles. The van der Waals surface area contributed by atoms with E-state index in [-0.39, 0.29) is 17.7 Å². The van der Waals surface area contributed by atoms with Gasteiger partial charge in [0, 0.05) is 19.2 Å². The first kappa shape index (κ1) is 15.9. The SMILES string of the molecule is NC(=O)C1CCN(C(=O)C=Cc2cn(Cc3ccccc3)nn2)C1. The van der Waals surface area contributed by atoms with E-state index in [4.69, 9.17) is 5.73 Å². The largest absolute Gasteiger partial charge is 0.369 e. The van der Waals surface area contributed by atoms with E-state index in [0.717, 1.165) is 5.56 Å². The van der Waals surface area contributed by atoms with Crippen LogP contribution in [0.2, 0.25) is 0 Å². The number of hydrogen-bond donors (Lipinski definition) is 1. The number of amides is 2. The van der Waals surface area contributed by atoms with Gasteiger partial charge in [0.15, 0.2) is 0 Å². The van der Waals surface area contributed by atoms with Crippen molar-refractivity contribution in [3.05, 3.63) is 53.9 Å². The molecule has 1 saturated heterocycles. The second-order valence-corrected chi connectivity index (χ2v) is 5.83. The predicted octanol–water partition coefficient (Wildman–Crippen LogP) is 0.673. The molecule has 1 aromatic carbocycles. The van der Waals surface area contributed by atoms with Crippen molar-refractivity contribution < 1.29 is 9.59 Å². The van der Waals surface area contributed by atoms with E-state index in [1.54, 1.807) is 21.9 Å². The van der Waals surface area contributed by atoms with Crippen molar-refractivity contribution in [2.24, 2.45) is 11.7 Å². The summed E-state index contributed by atoms with van der Waals surface area (Å²) in [6, 6.07) is 9.94. The lowest BCUT2D eigenvalue weighted by Crippen LogP contribution is -2.30. The number of aromatic nitrogens is 3. The normalized spacial score (nSPS) is 17.5. The number of rotatable bonds is 5. The maximum Gasteiger partial charge on any atom is 0.246 e. The van der Waals surface area contributed by atoms with Gasteiger partial charge < -0.3 is 10.6 Å². The number of primary amides is 1. The molecule has 1 aliphatic rings. The molecular formula is C17H19N5O2. The zero-order valence-corrected chi connectivity index (χ0v) is 13.2. The minimum Gasteiger partial charge on any atom is -0.369 e. The number of likely N-dealkylation sites (tertiary alicyclic amines) is 1. The highest BCUT2D eigenvalue weighted by Gasteiger charge is 2.28. The van der Waals surface area contributed by atoms with Gasteiger partial charge in [-0.05, 0) is 18.1 Å². The molecule has 0 saturated carbocycles. The summed E-state index contributed by atoms with van der Waals surface area (Å²) in [6.07, 6.45) is 5.50. The minimum absolute atomic E-state index is 0.142. The molecule has 0 bridgehead atoms. The van der Waals surface area contributed by atoms with Gasteiger partial charge in [0.05, 0.1) is 18.7 Å². The van der Waals surface area contributed by atoms with Gasteiger partial charge in [-0.1, -0.05) is 35.5 Å². The van der Waals surface area contributed by atoms with Crippen LogP contribution in [-0.2, 0) is 16.1 Å². The smallest absolute Gasteiger partial charge is 0.246 e. The summed E-state index contributed by atoms with van der Waals surface area (Å²) < 4.78 is 1.72. The van der Waals surface area contributed by atoms with Gasteiger partial charge in [0.1, 0.15) is 5.69 Å². The maximum atomic E-state index is 12.1. The lowest BCUT2D eigenvalue weighted by atomic mass is 10.1. The molecule has 0 aliphatic carbocycles. The Morgan fingerprint density at radius 2 is 2.08 bits per heavy atom. The molecular weight excluding hydrogens is 306 g/mol. The second-order valence-electron chi connectivity index (χ2n) is 5.83. The number of benzene rings is 1. The molecule has 1 unspecified atom stereocenters. The molecule has 7 heteroatoms. The summed E-state index contributed by atoms with van der Waals surface area (Å²) in [7, 11) is 0. The molecule has 7 nitrogen and oxygen atoms in total. The van der Waals surface area contributed by atoms with Crippen molar-refractivity contribution in [3.63, 3.8) is 0 Å². The van der Waals surface area contributed by atoms with Crippen LogP contribution in [-0.4, -0.2) is 44.8 Å². The van der Waals surface area contributed by atoms with E-state index in [9.17, 15) is 9.59 Å². The molecule has 124 valence electrons. The standard InChI is InChI=1S/C17H19N5O2/c18-17(24)14-8-9-21(11-14)16(23)7-6-15-12-22(20-19-15)10-13-4-2-1-3-5-13/h1-7,12,14H,8-11H2,(H2,18,24). The highest BCUT2D eigenvalue weighted by molar-refractivity contribution is 5.92. The van der Waals surface area contributed by atoms with Crippen LogP contribution in [0, 0.1) is 5.92 Å². The average molecular weight is 325 g/mol. The third-order valence-electron chi connectivity index (χ3n) is 4.04. The summed E-state index contributed by atoms with van der Waals surface area (Å²) in [5.41, 5.74) is 7.02. The topological polar surface area (TPSA) is 94.1 Å². The summed E-state index contributed by atoms with van der Waals surface area (Å²) in [6.45, 7) is 1.57. The third-order valence-corrected chi connectivity index (χ3v) is 4.04. The molecule has 2 amide bonds. The molecule has 2 aromatic rings. The Hall–Kier alpha value is -2.96. The Kier molecular flexibility index (Phi) is 4.69. The Bertz CT molecular complexity index is 753. The maximum absolute atomic E-state index is 12.1. The van der Waals surface area contributed by atoms with Crippen LogP contribution in [0.4, 0.5) is 0 Å². The molecule has 0 radical (unpaired) electrons. The summed E-state index contributed by atoms with van der Waals surface area (Å²) in [5.74, 6) is -0.733. The summed E-state index contributed by atoms with van der Waals surface area (Å²) in [5, 5.41) is 8.09. The van der Waals surface area contributed by atoms with Crippen LogP contribution in [0.1, 0.15) is 17.7 Å². The van der Waals surface area contributed by atoms with Crippen molar-refractivity contribution in [3.8, 4) is 0 Å². The lowest BCUT2D eigenvalue weighted by Gasteiger charge is -2.12. The molecule has 1 aromatic heterocycles. The number of carbonyl (C=O) groups is 2. The number of nitrogens with zero attached hydrogens (tertiary/aromatic N) is 4. The third kappa shape index (κ3) is 3.87. The fraction of sp³-hybridized carbons (Fsp3) is 0.294. The van der Waals surface area contributed by atoms with Crippen LogP contribution in [0.25, 0.3) is 6.08 Å². The highest BCUT2D eigenvalue weighted by atomic mass is 16.2. The van der Waals surface area contributed by atoms with Crippen molar-refractivity contribution >= 4 is 17.9 Å². The second kappa shape index (κ2) is 7.08. The minimum atomic E-state index is -0.349. The molecule has 0 spiro atoms. The van der Waals surface area contributed by atoms with E-state index in [0.29, 0.717) is 31.7 Å². The number of hydrogen-bond acceptors (Lipinski definition) is 4. The molecule has 1 fully saturated rings. The summed E-state index contributed by atoms with van der Waals surface area (Å²) in [4.78, 5) is 24.9. The zero-order chi connectivity index (χ0) is 16.9. The Morgan fingerprint density at radius 1 is 1.29 bits per heavy atom. The van der Waals surface area contributed by atoms with Gasteiger partial charge in [-0.25, -0.2) is 4.68 Å². The average Bonchev–Trinajstić information content (AvgIpc) is 3.23. The Labute approximate surface area is 139 Å². The van der Waals surface area contributed by atoms with E-state index >= 15 is 0 Å². The van der Waals surface area contributed by atoms with Gasteiger partial charge in [0.2, 0.25) is 11.8 Å². The van der Waals surface area contributed by atoms with Crippen LogP contribution in [0.3, 0.4) is 0 Å². The summed E-state index contributed by atoms with van der Waals surface area (Å²) >= 11 is 0.